The molecule has 8 nitrogen and oxygen atoms in total. The van der Waals surface area contributed by atoms with Crippen molar-refractivity contribution in [2.45, 2.75) is 19.9 Å². The van der Waals surface area contributed by atoms with Gasteiger partial charge in [-0.1, -0.05) is 12.1 Å². The monoisotopic (exact) mass is 395 g/mol. The van der Waals surface area contributed by atoms with Gasteiger partial charge in [-0.15, -0.1) is 11.3 Å². The van der Waals surface area contributed by atoms with E-state index in [1.165, 1.54) is 11.3 Å². The van der Waals surface area contributed by atoms with Gasteiger partial charge >= 0.3 is 0 Å². The largest absolute Gasteiger partial charge is 0.371 e. The van der Waals surface area contributed by atoms with Crippen LogP contribution in [-0.2, 0) is 0 Å². The van der Waals surface area contributed by atoms with E-state index < -0.39 is 0 Å². The average Bonchev–Trinajstić information content (AvgIpc) is 3.14. The van der Waals surface area contributed by atoms with Gasteiger partial charge in [-0.05, 0) is 31.5 Å². The topological polar surface area (TPSA) is 116 Å². The van der Waals surface area contributed by atoms with Gasteiger partial charge in [-0.3, -0.25) is 4.79 Å². The molecule has 3 aromatic rings. The maximum absolute atomic E-state index is 12.3. The number of carbonyl (C=O) groups excluding carboxylic acids is 1. The number of aromatic nitrogens is 3. The van der Waals surface area contributed by atoms with Crippen LogP contribution in [0.15, 0.2) is 36.7 Å². The van der Waals surface area contributed by atoms with Crippen LogP contribution < -0.4 is 16.0 Å². The molecular formula is C19H21N7OS. The van der Waals surface area contributed by atoms with Crippen molar-refractivity contribution in [2.24, 2.45) is 0 Å². The molecule has 9 heteroatoms. The van der Waals surface area contributed by atoms with Crippen molar-refractivity contribution in [1.82, 2.24) is 15.0 Å². The fourth-order valence-corrected chi connectivity index (χ4v) is 3.28. The number of benzene rings is 1. The number of rotatable bonds is 7. The summed E-state index contributed by atoms with van der Waals surface area (Å²) in [5, 5.41) is 17.3. The summed E-state index contributed by atoms with van der Waals surface area (Å²) in [5.41, 5.74) is 2.18. The number of thiazole rings is 1. The summed E-state index contributed by atoms with van der Waals surface area (Å²) in [4.78, 5) is 25.7. The number of nitrogens with one attached hydrogen (secondary N) is 4. The van der Waals surface area contributed by atoms with E-state index in [1.807, 2.05) is 38.1 Å². The molecule has 4 N–H and O–H groups in total. The molecule has 0 bridgehead atoms. The van der Waals surface area contributed by atoms with Crippen LogP contribution in [0.2, 0.25) is 0 Å². The van der Waals surface area contributed by atoms with E-state index in [2.05, 4.69) is 30.9 Å². The summed E-state index contributed by atoms with van der Waals surface area (Å²) in [6.45, 7) is 3.87. The lowest BCUT2D eigenvalue weighted by Crippen LogP contribution is -2.12. The summed E-state index contributed by atoms with van der Waals surface area (Å²) in [6.07, 6.45) is 4.33. The number of aryl methyl sites for hydroxylation is 1. The van der Waals surface area contributed by atoms with Gasteiger partial charge in [0.05, 0.1) is 23.4 Å². The summed E-state index contributed by atoms with van der Waals surface area (Å²) < 4.78 is 0. The highest BCUT2D eigenvalue weighted by Gasteiger charge is 2.12. The summed E-state index contributed by atoms with van der Waals surface area (Å²) in [5.74, 6) is 0.959. The highest BCUT2D eigenvalue weighted by Crippen LogP contribution is 2.23. The minimum atomic E-state index is -0.171. The Morgan fingerprint density at radius 3 is 2.79 bits per heavy atom. The Balaban J connectivity index is 1.72. The van der Waals surface area contributed by atoms with E-state index in [1.54, 1.807) is 19.4 Å². The zero-order chi connectivity index (χ0) is 20.1. The highest BCUT2D eigenvalue weighted by molar-refractivity contribution is 7.13. The first-order valence-corrected chi connectivity index (χ1v) is 9.47. The lowest BCUT2D eigenvalue weighted by atomic mass is 10.1. The van der Waals surface area contributed by atoms with E-state index >= 15 is 0 Å². The molecular weight excluding hydrogens is 374 g/mol. The van der Waals surface area contributed by atoms with E-state index in [0.29, 0.717) is 27.9 Å². The number of carbonyl (C=O) groups is 1. The van der Waals surface area contributed by atoms with Crippen LogP contribution in [-0.4, -0.2) is 34.1 Å². The highest BCUT2D eigenvalue weighted by atomic mass is 32.1. The molecule has 1 aromatic carbocycles. The minimum Gasteiger partial charge on any atom is -0.371 e. The van der Waals surface area contributed by atoms with E-state index in [-0.39, 0.29) is 11.9 Å². The summed E-state index contributed by atoms with van der Waals surface area (Å²) in [6, 6.07) is 7.57. The fourth-order valence-electron chi connectivity index (χ4n) is 2.61. The van der Waals surface area contributed by atoms with Crippen molar-refractivity contribution < 1.29 is 4.79 Å². The second-order valence-electron chi connectivity index (χ2n) is 6.07. The van der Waals surface area contributed by atoms with Crippen LogP contribution in [0.3, 0.4) is 0 Å². The molecule has 1 atom stereocenters. The van der Waals surface area contributed by atoms with Crippen molar-refractivity contribution in [3.63, 3.8) is 0 Å². The van der Waals surface area contributed by atoms with Gasteiger partial charge in [-0.2, -0.15) is 0 Å². The molecule has 0 saturated heterocycles. The Labute approximate surface area is 167 Å². The van der Waals surface area contributed by atoms with Crippen LogP contribution in [0.4, 0.5) is 17.3 Å². The second-order valence-corrected chi connectivity index (χ2v) is 7.31. The molecule has 0 fully saturated rings. The molecule has 0 spiro atoms. The Morgan fingerprint density at radius 1 is 1.29 bits per heavy atom. The van der Waals surface area contributed by atoms with Crippen molar-refractivity contribution in [2.75, 3.05) is 23.0 Å². The molecule has 28 heavy (non-hydrogen) atoms. The molecule has 1 amide bonds. The number of nitrogens with zero attached hydrogens (tertiary/aromatic N) is 3. The predicted molar refractivity (Wildman–Crippen MR) is 113 cm³/mol. The Hall–Kier alpha value is -3.33. The van der Waals surface area contributed by atoms with Gasteiger partial charge in [0.25, 0.3) is 5.91 Å². The van der Waals surface area contributed by atoms with E-state index in [0.717, 1.165) is 16.8 Å². The smallest absolute Gasteiger partial charge is 0.267 e. The third kappa shape index (κ3) is 4.49. The molecule has 3 rings (SSSR count). The maximum Gasteiger partial charge on any atom is 0.267 e. The third-order valence-electron chi connectivity index (χ3n) is 4.03. The van der Waals surface area contributed by atoms with Crippen molar-refractivity contribution in [3.8, 4) is 0 Å². The second kappa shape index (κ2) is 8.57. The number of anilines is 3. The van der Waals surface area contributed by atoms with Crippen molar-refractivity contribution >= 4 is 40.8 Å². The van der Waals surface area contributed by atoms with Gasteiger partial charge < -0.3 is 21.4 Å². The first-order valence-electron chi connectivity index (χ1n) is 8.65. The van der Waals surface area contributed by atoms with Crippen LogP contribution in [0.25, 0.3) is 0 Å². The summed E-state index contributed by atoms with van der Waals surface area (Å²) in [7, 11) is 1.74. The average molecular weight is 395 g/mol. The third-order valence-corrected chi connectivity index (χ3v) is 4.94. The molecule has 144 valence electrons. The lowest BCUT2D eigenvalue weighted by molar-refractivity contribution is 0.103. The van der Waals surface area contributed by atoms with Crippen LogP contribution in [0, 0.1) is 12.3 Å². The van der Waals surface area contributed by atoms with Crippen molar-refractivity contribution in [3.05, 3.63) is 57.8 Å². The molecule has 1 unspecified atom stereocenters. The van der Waals surface area contributed by atoms with Gasteiger partial charge in [0.15, 0.2) is 5.82 Å². The first-order chi connectivity index (χ1) is 13.5. The van der Waals surface area contributed by atoms with Crippen LogP contribution in [0.1, 0.15) is 38.9 Å². The van der Waals surface area contributed by atoms with Crippen molar-refractivity contribution in [1.29, 1.82) is 5.41 Å². The molecule has 2 aromatic heterocycles. The molecule has 2 heterocycles. The first kappa shape index (κ1) is 19.4. The SMILES string of the molecule is CNc1nc(NC(C)c2cccc(NC(=O)c3cnc(C)s3)c2)cnc1C=N. The fraction of sp³-hybridized carbons (Fsp3) is 0.211. The van der Waals surface area contributed by atoms with Gasteiger partial charge in [0.2, 0.25) is 0 Å². The Kier molecular flexibility index (Phi) is 5.95. The number of amides is 1. The molecule has 0 saturated carbocycles. The predicted octanol–water partition coefficient (Wildman–Crippen LogP) is 3.71. The number of hydrogen-bond acceptors (Lipinski definition) is 8. The maximum atomic E-state index is 12.3. The minimum absolute atomic E-state index is 0.0626. The number of hydrogen-bond donors (Lipinski definition) is 4. The lowest BCUT2D eigenvalue weighted by Gasteiger charge is -2.17. The normalized spacial score (nSPS) is 11.5. The Morgan fingerprint density at radius 2 is 2.11 bits per heavy atom. The van der Waals surface area contributed by atoms with E-state index in [4.69, 9.17) is 5.41 Å². The van der Waals surface area contributed by atoms with Crippen LogP contribution in [0.5, 0.6) is 0 Å². The van der Waals surface area contributed by atoms with Crippen LogP contribution >= 0.6 is 11.3 Å². The zero-order valence-electron chi connectivity index (χ0n) is 15.8. The molecule has 0 aliphatic rings. The standard InChI is InChI=1S/C19H21N7OS/c1-11(24-17-10-23-15(8-20)18(21-3)26-17)13-5-4-6-14(7-13)25-19(27)16-9-22-12(2)28-16/h4-11,20H,1-3H3,(H,25,27)(H2,21,24,26). The molecule has 0 radical (unpaired) electrons. The van der Waals surface area contributed by atoms with Gasteiger partial charge in [-0.25, -0.2) is 15.0 Å². The summed E-state index contributed by atoms with van der Waals surface area (Å²) >= 11 is 1.36. The zero-order valence-corrected chi connectivity index (χ0v) is 16.6. The quantitative estimate of drug-likeness (QED) is 0.453. The van der Waals surface area contributed by atoms with Gasteiger partial charge in [0.1, 0.15) is 16.4 Å². The van der Waals surface area contributed by atoms with Gasteiger partial charge in [0, 0.05) is 18.9 Å². The molecule has 0 aliphatic heterocycles. The Bertz CT molecular complexity index is 1000. The van der Waals surface area contributed by atoms with E-state index in [9.17, 15) is 4.79 Å². The molecule has 0 aliphatic carbocycles.